The predicted octanol–water partition coefficient (Wildman–Crippen LogP) is 6.11. The maximum atomic E-state index is 12.7. The van der Waals surface area contributed by atoms with Crippen LogP contribution in [0.25, 0.3) is 0 Å². The zero-order valence-corrected chi connectivity index (χ0v) is 22.1. The van der Waals surface area contributed by atoms with Crippen LogP contribution in [-0.4, -0.2) is 49.0 Å². The lowest BCUT2D eigenvalue weighted by Gasteiger charge is -2.28. The Labute approximate surface area is 214 Å². The summed E-state index contributed by atoms with van der Waals surface area (Å²) in [6.07, 6.45) is 1.09. The SMILES string of the molecule is CC.COCCN(C)Sc1ccc(NC(=O)c2ccc(CN3CCc4ccccc4C3)cc2)cc1. The van der Waals surface area contributed by atoms with Gasteiger partial charge >= 0.3 is 0 Å². The van der Waals surface area contributed by atoms with E-state index >= 15 is 0 Å². The Morgan fingerprint density at radius 1 is 1.00 bits per heavy atom. The van der Waals surface area contributed by atoms with Crippen molar-refractivity contribution in [3.8, 4) is 0 Å². The van der Waals surface area contributed by atoms with Crippen molar-refractivity contribution in [2.75, 3.05) is 39.2 Å². The number of ether oxygens (including phenoxy) is 1. The number of anilines is 1. The second kappa shape index (κ2) is 14.0. The quantitative estimate of drug-likeness (QED) is 0.366. The Hall–Kier alpha value is -2.64. The molecule has 0 bridgehead atoms. The number of hydrogen-bond donors (Lipinski definition) is 1. The van der Waals surface area contributed by atoms with Gasteiger partial charge in [-0.25, -0.2) is 4.31 Å². The first-order chi connectivity index (χ1) is 17.1. The average molecular weight is 492 g/mol. The molecule has 0 spiro atoms. The van der Waals surface area contributed by atoms with Crippen LogP contribution in [-0.2, 0) is 24.2 Å². The van der Waals surface area contributed by atoms with Crippen molar-refractivity contribution < 1.29 is 9.53 Å². The number of methoxy groups -OCH3 is 1. The number of carbonyl (C=O) groups is 1. The van der Waals surface area contributed by atoms with Crippen molar-refractivity contribution in [3.05, 3.63) is 95.1 Å². The van der Waals surface area contributed by atoms with Gasteiger partial charge in [-0.05, 0) is 78.5 Å². The van der Waals surface area contributed by atoms with Crippen LogP contribution in [0.3, 0.4) is 0 Å². The molecule has 35 heavy (non-hydrogen) atoms. The minimum absolute atomic E-state index is 0.0916. The molecule has 0 fully saturated rings. The summed E-state index contributed by atoms with van der Waals surface area (Å²) < 4.78 is 7.23. The highest BCUT2D eigenvalue weighted by molar-refractivity contribution is 7.97. The van der Waals surface area contributed by atoms with E-state index in [2.05, 4.69) is 50.9 Å². The monoisotopic (exact) mass is 491 g/mol. The summed E-state index contributed by atoms with van der Waals surface area (Å²) in [6.45, 7) is 8.49. The fraction of sp³-hybridized carbons (Fsp3) is 0.345. The second-order valence-electron chi connectivity index (χ2n) is 8.34. The smallest absolute Gasteiger partial charge is 0.255 e. The first-order valence-corrected chi connectivity index (χ1v) is 13.1. The zero-order valence-electron chi connectivity index (χ0n) is 21.3. The number of hydrogen-bond acceptors (Lipinski definition) is 5. The molecule has 6 heteroatoms. The minimum Gasteiger partial charge on any atom is -0.383 e. The second-order valence-corrected chi connectivity index (χ2v) is 9.62. The molecule has 0 saturated carbocycles. The topological polar surface area (TPSA) is 44.8 Å². The van der Waals surface area contributed by atoms with Gasteiger partial charge in [0, 0.05) is 49.4 Å². The lowest BCUT2D eigenvalue weighted by molar-refractivity contribution is 0.102. The van der Waals surface area contributed by atoms with E-state index in [1.807, 2.05) is 57.3 Å². The Bertz CT molecular complexity index is 1050. The van der Waals surface area contributed by atoms with Gasteiger partial charge < -0.3 is 10.1 Å². The first kappa shape index (κ1) is 27.0. The van der Waals surface area contributed by atoms with Crippen molar-refractivity contribution in [1.29, 1.82) is 0 Å². The fourth-order valence-corrected chi connectivity index (χ4v) is 4.74. The number of fused-ring (bicyclic) bond motifs is 1. The average Bonchev–Trinajstić information content (AvgIpc) is 2.90. The predicted molar refractivity (Wildman–Crippen MR) is 147 cm³/mol. The summed E-state index contributed by atoms with van der Waals surface area (Å²) in [5.74, 6) is -0.0916. The Morgan fingerprint density at radius 2 is 1.69 bits per heavy atom. The van der Waals surface area contributed by atoms with Crippen LogP contribution < -0.4 is 5.32 Å². The summed E-state index contributed by atoms with van der Waals surface area (Å²) in [6, 6.07) is 24.5. The third-order valence-electron chi connectivity index (χ3n) is 5.82. The largest absolute Gasteiger partial charge is 0.383 e. The molecule has 0 unspecified atom stereocenters. The van der Waals surface area contributed by atoms with Crippen molar-refractivity contribution in [3.63, 3.8) is 0 Å². The molecule has 1 N–H and O–H groups in total. The summed E-state index contributed by atoms with van der Waals surface area (Å²) in [5, 5.41) is 2.99. The molecule has 1 heterocycles. The highest BCUT2D eigenvalue weighted by Crippen LogP contribution is 2.23. The molecule has 0 atom stereocenters. The van der Waals surface area contributed by atoms with Gasteiger partial charge in [-0.2, -0.15) is 0 Å². The van der Waals surface area contributed by atoms with Gasteiger partial charge in [0.15, 0.2) is 0 Å². The standard InChI is InChI=1S/C27H31N3O2S.C2H6/c1-29(17-18-32-2)33-26-13-11-25(12-14-26)28-27(31)23-9-7-21(8-10-23)19-30-16-15-22-5-3-4-6-24(22)20-30;1-2/h3-14H,15-20H2,1-2H3,(H,28,31);1-2H3. The Balaban J connectivity index is 0.00000167. The molecule has 186 valence electrons. The molecule has 0 saturated heterocycles. The van der Waals surface area contributed by atoms with Gasteiger partial charge in [-0.15, -0.1) is 0 Å². The fourth-order valence-electron chi connectivity index (χ4n) is 3.96. The van der Waals surface area contributed by atoms with E-state index in [0.29, 0.717) is 12.2 Å². The maximum absolute atomic E-state index is 12.7. The van der Waals surface area contributed by atoms with Crippen molar-refractivity contribution >= 4 is 23.5 Å². The van der Waals surface area contributed by atoms with E-state index in [9.17, 15) is 4.79 Å². The third-order valence-corrected chi connectivity index (χ3v) is 6.79. The van der Waals surface area contributed by atoms with Crippen molar-refractivity contribution in [2.24, 2.45) is 0 Å². The van der Waals surface area contributed by atoms with Crippen molar-refractivity contribution in [1.82, 2.24) is 9.21 Å². The molecule has 1 aliphatic rings. The van der Waals surface area contributed by atoms with Gasteiger partial charge in [0.25, 0.3) is 5.91 Å². The number of nitrogens with zero attached hydrogens (tertiary/aromatic N) is 2. The van der Waals surface area contributed by atoms with Crippen LogP contribution in [0.4, 0.5) is 5.69 Å². The normalized spacial score (nSPS) is 13.1. The van der Waals surface area contributed by atoms with Crippen LogP contribution in [0.1, 0.15) is 40.9 Å². The summed E-state index contributed by atoms with van der Waals surface area (Å²) in [4.78, 5) is 16.3. The molecule has 4 rings (SSSR count). The summed E-state index contributed by atoms with van der Waals surface area (Å²) in [7, 11) is 3.74. The highest BCUT2D eigenvalue weighted by Gasteiger charge is 2.16. The molecule has 3 aromatic carbocycles. The number of carbonyl (C=O) groups excluding carboxylic acids is 1. The molecule has 1 amide bonds. The van der Waals surface area contributed by atoms with E-state index in [4.69, 9.17) is 4.74 Å². The van der Waals surface area contributed by atoms with Gasteiger partial charge in [-0.3, -0.25) is 9.69 Å². The number of likely N-dealkylation sites (N-methyl/N-ethyl adjacent to an activating group) is 1. The molecule has 5 nitrogen and oxygen atoms in total. The molecule has 0 aromatic heterocycles. The van der Waals surface area contributed by atoms with E-state index in [-0.39, 0.29) is 5.91 Å². The molecule has 0 radical (unpaired) electrons. The van der Waals surface area contributed by atoms with Crippen LogP contribution in [0.15, 0.2) is 77.7 Å². The lowest BCUT2D eigenvalue weighted by Crippen LogP contribution is -2.29. The molecular formula is C29H37N3O2S. The Kier molecular flexibility index (Phi) is 10.8. The third kappa shape index (κ3) is 8.22. The molecule has 1 aliphatic heterocycles. The number of amides is 1. The van der Waals surface area contributed by atoms with Crippen LogP contribution in [0.2, 0.25) is 0 Å². The highest BCUT2D eigenvalue weighted by atomic mass is 32.2. The van der Waals surface area contributed by atoms with Gasteiger partial charge in [0.05, 0.1) is 6.61 Å². The zero-order chi connectivity index (χ0) is 25.0. The first-order valence-electron chi connectivity index (χ1n) is 12.3. The van der Waals surface area contributed by atoms with Gasteiger partial charge in [-0.1, -0.05) is 50.2 Å². The number of nitrogens with one attached hydrogen (secondary N) is 1. The van der Waals surface area contributed by atoms with Gasteiger partial charge in [0.2, 0.25) is 0 Å². The van der Waals surface area contributed by atoms with E-state index in [1.165, 1.54) is 16.7 Å². The van der Waals surface area contributed by atoms with Crippen molar-refractivity contribution in [2.45, 2.75) is 38.3 Å². The van der Waals surface area contributed by atoms with Crippen LogP contribution in [0.5, 0.6) is 0 Å². The van der Waals surface area contributed by atoms with E-state index in [1.54, 1.807) is 19.1 Å². The summed E-state index contributed by atoms with van der Waals surface area (Å²) in [5.41, 5.74) is 5.57. The van der Waals surface area contributed by atoms with E-state index < -0.39 is 0 Å². The molecule has 0 aliphatic carbocycles. The summed E-state index contributed by atoms with van der Waals surface area (Å²) >= 11 is 1.66. The van der Waals surface area contributed by atoms with E-state index in [0.717, 1.165) is 43.2 Å². The van der Waals surface area contributed by atoms with Gasteiger partial charge in [0.1, 0.15) is 0 Å². The molecular weight excluding hydrogens is 454 g/mol. The minimum atomic E-state index is -0.0916. The lowest BCUT2D eigenvalue weighted by atomic mass is 9.99. The maximum Gasteiger partial charge on any atom is 0.255 e. The van der Waals surface area contributed by atoms with Crippen LogP contribution in [0, 0.1) is 0 Å². The number of benzene rings is 3. The number of rotatable bonds is 9. The Morgan fingerprint density at radius 3 is 2.37 bits per heavy atom. The van der Waals surface area contributed by atoms with Crippen LogP contribution >= 0.6 is 11.9 Å². The molecule has 3 aromatic rings.